The normalized spacial score (nSPS) is 26.5. The lowest BCUT2D eigenvalue weighted by Gasteiger charge is -2.29. The second kappa shape index (κ2) is 11.5. The standard InChI is InChI=1S/C31H41F3O/c1-4-5-23-8-12-27(13-9-23)28-18-19-29(30(32)20-28)31(33,34)35-22(3)24-14-16-26(17-15-24)25-10-6-21(2)7-11-25/h14-23,25,27H,4-13H2,1-3H3. The van der Waals surface area contributed by atoms with E-state index in [1.54, 1.807) is 13.0 Å². The molecule has 2 aromatic rings. The van der Waals surface area contributed by atoms with Gasteiger partial charge in [0.05, 0.1) is 11.7 Å². The molecule has 1 nitrogen and oxygen atoms in total. The Hall–Kier alpha value is -1.81. The highest BCUT2D eigenvalue weighted by Gasteiger charge is 2.38. The molecule has 0 aromatic heterocycles. The van der Waals surface area contributed by atoms with E-state index >= 15 is 8.78 Å². The van der Waals surface area contributed by atoms with Crippen molar-refractivity contribution in [2.45, 2.75) is 109 Å². The summed E-state index contributed by atoms with van der Waals surface area (Å²) in [5.41, 5.74) is 2.10. The quantitative estimate of drug-likeness (QED) is 0.361. The van der Waals surface area contributed by atoms with Crippen LogP contribution in [0.2, 0.25) is 0 Å². The van der Waals surface area contributed by atoms with Crippen LogP contribution in [0.5, 0.6) is 0 Å². The maximum atomic E-state index is 15.0. The van der Waals surface area contributed by atoms with E-state index < -0.39 is 23.6 Å². The van der Waals surface area contributed by atoms with Gasteiger partial charge in [0.1, 0.15) is 5.82 Å². The summed E-state index contributed by atoms with van der Waals surface area (Å²) in [7, 11) is 0. The predicted octanol–water partition coefficient (Wildman–Crippen LogP) is 10.0. The number of hydrogen-bond acceptors (Lipinski definition) is 1. The first kappa shape index (κ1) is 26.3. The largest absolute Gasteiger partial charge is 0.386 e. The van der Waals surface area contributed by atoms with E-state index in [2.05, 4.69) is 13.8 Å². The zero-order valence-electron chi connectivity index (χ0n) is 21.5. The summed E-state index contributed by atoms with van der Waals surface area (Å²) in [6.07, 6.45) is 7.00. The van der Waals surface area contributed by atoms with E-state index in [-0.39, 0.29) is 5.92 Å². The zero-order valence-corrected chi connectivity index (χ0v) is 21.5. The molecule has 2 aliphatic rings. The van der Waals surface area contributed by atoms with Crippen molar-refractivity contribution >= 4 is 0 Å². The van der Waals surface area contributed by atoms with E-state index in [0.717, 1.165) is 43.1 Å². The molecule has 0 bridgehead atoms. The summed E-state index contributed by atoms with van der Waals surface area (Å²) in [5, 5.41) is 0. The fraction of sp³-hybridized carbons (Fsp3) is 0.613. The molecular formula is C31H41F3O. The number of alkyl halides is 2. The zero-order chi connectivity index (χ0) is 25.0. The van der Waals surface area contributed by atoms with Gasteiger partial charge in [0.25, 0.3) is 0 Å². The van der Waals surface area contributed by atoms with Crippen molar-refractivity contribution in [1.82, 2.24) is 0 Å². The molecule has 0 saturated heterocycles. The van der Waals surface area contributed by atoms with E-state index in [1.165, 1.54) is 56.2 Å². The highest BCUT2D eigenvalue weighted by Crippen LogP contribution is 2.41. The van der Waals surface area contributed by atoms with Crippen LogP contribution in [0, 0.1) is 17.7 Å². The van der Waals surface area contributed by atoms with Crippen LogP contribution in [0.3, 0.4) is 0 Å². The topological polar surface area (TPSA) is 9.23 Å². The van der Waals surface area contributed by atoms with Gasteiger partial charge in [-0.25, -0.2) is 4.39 Å². The van der Waals surface area contributed by atoms with Crippen molar-refractivity contribution in [3.8, 4) is 0 Å². The molecule has 4 rings (SSSR count). The van der Waals surface area contributed by atoms with Crippen molar-refractivity contribution in [1.29, 1.82) is 0 Å². The van der Waals surface area contributed by atoms with Gasteiger partial charge in [0.15, 0.2) is 0 Å². The Balaban J connectivity index is 1.38. The summed E-state index contributed by atoms with van der Waals surface area (Å²) in [6, 6.07) is 12.0. The van der Waals surface area contributed by atoms with E-state index in [4.69, 9.17) is 4.74 Å². The number of benzene rings is 2. The fourth-order valence-electron chi connectivity index (χ4n) is 6.20. The first-order chi connectivity index (χ1) is 16.8. The lowest BCUT2D eigenvalue weighted by atomic mass is 9.77. The lowest BCUT2D eigenvalue weighted by molar-refractivity contribution is -0.273. The Kier molecular flexibility index (Phi) is 8.63. The van der Waals surface area contributed by atoms with Gasteiger partial charge in [-0.05, 0) is 97.9 Å². The Morgan fingerprint density at radius 1 is 0.857 bits per heavy atom. The maximum absolute atomic E-state index is 15.0. The van der Waals surface area contributed by atoms with Gasteiger partial charge in [0, 0.05) is 0 Å². The summed E-state index contributed by atoms with van der Waals surface area (Å²) in [5.74, 6) is 1.46. The summed E-state index contributed by atoms with van der Waals surface area (Å²) in [4.78, 5) is 0. The molecule has 0 spiro atoms. The highest BCUT2D eigenvalue weighted by molar-refractivity contribution is 5.30. The second-order valence-electron chi connectivity index (χ2n) is 11.1. The maximum Gasteiger partial charge on any atom is 0.386 e. The van der Waals surface area contributed by atoms with Gasteiger partial charge in [-0.1, -0.05) is 69.9 Å². The summed E-state index contributed by atoms with van der Waals surface area (Å²) in [6.45, 7) is 6.11. The SMILES string of the molecule is CCCC1CCC(c2ccc(C(F)(F)OC(C)c3ccc(C4CCC(C)CC4)cc3)c(F)c2)CC1. The lowest BCUT2D eigenvalue weighted by Crippen LogP contribution is -2.22. The highest BCUT2D eigenvalue weighted by atomic mass is 19.3. The molecule has 0 N–H and O–H groups in total. The minimum atomic E-state index is -3.70. The Labute approximate surface area is 209 Å². The van der Waals surface area contributed by atoms with Gasteiger partial charge in [0.2, 0.25) is 0 Å². The Morgan fingerprint density at radius 2 is 1.43 bits per heavy atom. The Bertz CT molecular complexity index is 938. The molecule has 2 fully saturated rings. The van der Waals surface area contributed by atoms with E-state index in [9.17, 15) is 4.39 Å². The van der Waals surface area contributed by atoms with Crippen LogP contribution in [-0.2, 0) is 10.8 Å². The summed E-state index contributed by atoms with van der Waals surface area (Å²) >= 11 is 0. The van der Waals surface area contributed by atoms with E-state index in [1.807, 2.05) is 24.3 Å². The van der Waals surface area contributed by atoms with Gasteiger partial charge >= 0.3 is 6.11 Å². The molecule has 0 heterocycles. The van der Waals surface area contributed by atoms with Crippen LogP contribution in [0.4, 0.5) is 13.2 Å². The number of halogens is 3. The van der Waals surface area contributed by atoms with Crippen molar-refractivity contribution in [3.63, 3.8) is 0 Å². The molecule has 0 amide bonds. The van der Waals surface area contributed by atoms with Gasteiger partial charge in [-0.2, -0.15) is 8.78 Å². The number of hydrogen-bond donors (Lipinski definition) is 0. The van der Waals surface area contributed by atoms with Gasteiger partial charge in [-0.15, -0.1) is 0 Å². The first-order valence-corrected chi connectivity index (χ1v) is 13.7. The Morgan fingerprint density at radius 3 is 2.03 bits per heavy atom. The van der Waals surface area contributed by atoms with Crippen molar-refractivity contribution in [2.75, 3.05) is 0 Å². The number of rotatable bonds is 8. The average molecular weight is 487 g/mol. The van der Waals surface area contributed by atoms with Crippen LogP contribution in [0.15, 0.2) is 42.5 Å². The van der Waals surface area contributed by atoms with Crippen molar-refractivity contribution in [3.05, 3.63) is 70.5 Å². The molecule has 2 saturated carbocycles. The number of ether oxygens (including phenoxy) is 1. The van der Waals surface area contributed by atoms with Gasteiger partial charge in [-0.3, -0.25) is 0 Å². The van der Waals surface area contributed by atoms with Crippen molar-refractivity contribution in [2.24, 2.45) is 11.8 Å². The summed E-state index contributed by atoms with van der Waals surface area (Å²) < 4.78 is 50.0. The van der Waals surface area contributed by atoms with Crippen LogP contribution < -0.4 is 0 Å². The van der Waals surface area contributed by atoms with Crippen molar-refractivity contribution < 1.29 is 17.9 Å². The fourth-order valence-corrected chi connectivity index (χ4v) is 6.20. The predicted molar refractivity (Wildman–Crippen MR) is 136 cm³/mol. The molecule has 0 aliphatic heterocycles. The first-order valence-electron chi connectivity index (χ1n) is 13.7. The molecular weight excluding hydrogens is 445 g/mol. The van der Waals surface area contributed by atoms with E-state index in [0.29, 0.717) is 11.5 Å². The monoisotopic (exact) mass is 486 g/mol. The minimum absolute atomic E-state index is 0.256. The van der Waals surface area contributed by atoms with Crippen LogP contribution in [0.25, 0.3) is 0 Å². The third-order valence-electron chi connectivity index (χ3n) is 8.54. The molecule has 192 valence electrons. The molecule has 1 unspecified atom stereocenters. The molecule has 1 atom stereocenters. The van der Waals surface area contributed by atoms with Gasteiger partial charge < -0.3 is 4.74 Å². The van der Waals surface area contributed by atoms with Crippen LogP contribution in [0.1, 0.15) is 125 Å². The molecule has 2 aromatic carbocycles. The molecule has 0 radical (unpaired) electrons. The molecule has 35 heavy (non-hydrogen) atoms. The third-order valence-corrected chi connectivity index (χ3v) is 8.54. The third kappa shape index (κ3) is 6.50. The second-order valence-corrected chi connectivity index (χ2v) is 11.1. The van der Waals surface area contributed by atoms with Crippen LogP contribution in [-0.4, -0.2) is 0 Å². The minimum Gasteiger partial charge on any atom is -0.309 e. The smallest absolute Gasteiger partial charge is 0.309 e. The molecule has 4 heteroatoms. The average Bonchev–Trinajstić information content (AvgIpc) is 2.85. The van der Waals surface area contributed by atoms with Crippen LogP contribution >= 0.6 is 0 Å². The molecule has 2 aliphatic carbocycles.